The molecular formula is C12H18N2O4. The molecule has 1 aliphatic heterocycles. The minimum atomic E-state index is -0.815. The molecule has 0 aromatic carbocycles. The first-order valence-corrected chi connectivity index (χ1v) is 6.18. The van der Waals surface area contributed by atoms with Gasteiger partial charge in [0.2, 0.25) is 5.88 Å². The SMILES string of the molecule is CCOC(=O)c1cc2n(n1)CCC(O)(CC)CO2. The minimum Gasteiger partial charge on any atom is -0.475 e. The molecule has 0 spiro atoms. The highest BCUT2D eigenvalue weighted by Crippen LogP contribution is 2.25. The number of carbonyl (C=O) groups excluding carboxylic acids is 1. The molecule has 0 saturated heterocycles. The fraction of sp³-hybridized carbons (Fsp3) is 0.667. The van der Waals surface area contributed by atoms with Gasteiger partial charge >= 0.3 is 5.97 Å². The van der Waals surface area contributed by atoms with Crippen LogP contribution in [0.15, 0.2) is 6.07 Å². The third-order valence-electron chi connectivity index (χ3n) is 3.16. The number of ether oxygens (including phenoxy) is 2. The highest BCUT2D eigenvalue weighted by molar-refractivity contribution is 5.87. The van der Waals surface area contributed by atoms with Gasteiger partial charge in [-0.25, -0.2) is 9.48 Å². The zero-order valence-electron chi connectivity index (χ0n) is 10.7. The Hall–Kier alpha value is -1.56. The lowest BCUT2D eigenvalue weighted by Crippen LogP contribution is -2.34. The monoisotopic (exact) mass is 254 g/mol. The number of aryl methyl sites for hydroxylation is 1. The first kappa shape index (κ1) is 12.9. The minimum absolute atomic E-state index is 0.220. The molecular weight excluding hydrogens is 236 g/mol. The molecule has 2 heterocycles. The van der Waals surface area contributed by atoms with Crippen molar-refractivity contribution in [1.29, 1.82) is 0 Å². The topological polar surface area (TPSA) is 73.6 Å². The molecule has 1 aliphatic rings. The molecule has 6 nitrogen and oxygen atoms in total. The van der Waals surface area contributed by atoms with Gasteiger partial charge in [-0.1, -0.05) is 6.92 Å². The first-order valence-electron chi connectivity index (χ1n) is 6.18. The van der Waals surface area contributed by atoms with Gasteiger partial charge in [0, 0.05) is 12.6 Å². The fourth-order valence-electron chi connectivity index (χ4n) is 1.85. The van der Waals surface area contributed by atoms with Crippen LogP contribution in [0.25, 0.3) is 0 Å². The summed E-state index contributed by atoms with van der Waals surface area (Å²) in [6, 6.07) is 1.55. The predicted octanol–water partition coefficient (Wildman–Crippen LogP) is 0.983. The van der Waals surface area contributed by atoms with E-state index < -0.39 is 11.6 Å². The predicted molar refractivity (Wildman–Crippen MR) is 63.5 cm³/mol. The van der Waals surface area contributed by atoms with Crippen molar-refractivity contribution in [3.63, 3.8) is 0 Å². The van der Waals surface area contributed by atoms with Crippen molar-refractivity contribution in [2.75, 3.05) is 13.2 Å². The zero-order valence-corrected chi connectivity index (χ0v) is 10.7. The first-order chi connectivity index (χ1) is 8.58. The van der Waals surface area contributed by atoms with Gasteiger partial charge in [0.15, 0.2) is 5.69 Å². The molecule has 18 heavy (non-hydrogen) atoms. The zero-order chi connectivity index (χ0) is 13.2. The summed E-state index contributed by atoms with van der Waals surface area (Å²) in [6.07, 6.45) is 1.18. The molecule has 1 aromatic rings. The van der Waals surface area contributed by atoms with Crippen molar-refractivity contribution in [1.82, 2.24) is 9.78 Å². The van der Waals surface area contributed by atoms with Crippen LogP contribution in [-0.2, 0) is 11.3 Å². The number of fused-ring (bicyclic) bond motifs is 1. The summed E-state index contributed by atoms with van der Waals surface area (Å²) in [4.78, 5) is 11.5. The summed E-state index contributed by atoms with van der Waals surface area (Å²) >= 11 is 0. The van der Waals surface area contributed by atoms with E-state index in [0.717, 1.165) is 0 Å². The van der Waals surface area contributed by atoms with Crippen LogP contribution in [0.4, 0.5) is 0 Å². The summed E-state index contributed by atoms with van der Waals surface area (Å²) in [7, 11) is 0. The number of hydrogen-bond acceptors (Lipinski definition) is 5. The van der Waals surface area contributed by atoms with E-state index in [-0.39, 0.29) is 12.3 Å². The number of rotatable bonds is 3. The lowest BCUT2D eigenvalue weighted by atomic mass is 9.98. The van der Waals surface area contributed by atoms with Gasteiger partial charge in [0.25, 0.3) is 0 Å². The molecule has 1 unspecified atom stereocenters. The van der Waals surface area contributed by atoms with Crippen LogP contribution in [0, 0.1) is 0 Å². The second-order valence-corrected chi connectivity index (χ2v) is 4.43. The van der Waals surface area contributed by atoms with Crippen LogP contribution in [0.1, 0.15) is 37.2 Å². The van der Waals surface area contributed by atoms with Gasteiger partial charge < -0.3 is 14.6 Å². The van der Waals surface area contributed by atoms with Crippen molar-refractivity contribution in [2.45, 2.75) is 38.8 Å². The number of esters is 1. The number of carbonyl (C=O) groups is 1. The lowest BCUT2D eigenvalue weighted by molar-refractivity contribution is -0.0100. The summed E-state index contributed by atoms with van der Waals surface area (Å²) in [6.45, 7) is 4.73. The van der Waals surface area contributed by atoms with Crippen LogP contribution in [0.2, 0.25) is 0 Å². The van der Waals surface area contributed by atoms with Crippen LogP contribution in [0.3, 0.4) is 0 Å². The van der Waals surface area contributed by atoms with E-state index >= 15 is 0 Å². The third kappa shape index (κ3) is 2.48. The van der Waals surface area contributed by atoms with Crippen molar-refractivity contribution in [3.8, 4) is 5.88 Å². The van der Waals surface area contributed by atoms with Gasteiger partial charge in [-0.05, 0) is 19.8 Å². The quantitative estimate of drug-likeness (QED) is 0.814. The van der Waals surface area contributed by atoms with Crippen molar-refractivity contribution in [3.05, 3.63) is 11.8 Å². The Morgan fingerprint density at radius 1 is 1.67 bits per heavy atom. The summed E-state index contributed by atoms with van der Waals surface area (Å²) < 4.78 is 12.0. The molecule has 1 aromatic heterocycles. The van der Waals surface area contributed by atoms with Gasteiger partial charge in [0.1, 0.15) is 12.2 Å². The Bertz CT molecular complexity index is 416. The molecule has 0 aliphatic carbocycles. The number of aliphatic hydroxyl groups is 1. The number of aromatic nitrogens is 2. The fourth-order valence-corrected chi connectivity index (χ4v) is 1.85. The molecule has 0 radical (unpaired) electrons. The molecule has 0 amide bonds. The maximum atomic E-state index is 11.5. The normalized spacial score (nSPS) is 22.8. The molecule has 0 fully saturated rings. The molecule has 100 valence electrons. The summed E-state index contributed by atoms with van der Waals surface area (Å²) in [5.41, 5.74) is -0.570. The van der Waals surface area contributed by atoms with E-state index in [9.17, 15) is 9.90 Å². The Kier molecular flexibility index (Phi) is 3.56. The third-order valence-corrected chi connectivity index (χ3v) is 3.16. The van der Waals surface area contributed by atoms with E-state index in [1.807, 2.05) is 6.92 Å². The Balaban J connectivity index is 2.14. The van der Waals surface area contributed by atoms with E-state index in [2.05, 4.69) is 5.10 Å². The summed E-state index contributed by atoms with van der Waals surface area (Å²) in [5.74, 6) is 0.0508. The maximum absolute atomic E-state index is 11.5. The highest BCUT2D eigenvalue weighted by Gasteiger charge is 2.30. The van der Waals surface area contributed by atoms with Crippen molar-refractivity contribution < 1.29 is 19.4 Å². The Labute approximate surface area is 106 Å². The second-order valence-electron chi connectivity index (χ2n) is 4.43. The van der Waals surface area contributed by atoms with Gasteiger partial charge in [-0.3, -0.25) is 0 Å². The second kappa shape index (κ2) is 4.97. The largest absolute Gasteiger partial charge is 0.475 e. The van der Waals surface area contributed by atoms with Gasteiger partial charge in [-0.15, -0.1) is 0 Å². The van der Waals surface area contributed by atoms with Crippen molar-refractivity contribution in [2.24, 2.45) is 0 Å². The summed E-state index contributed by atoms with van der Waals surface area (Å²) in [5, 5.41) is 14.3. The molecule has 6 heteroatoms. The highest BCUT2D eigenvalue weighted by atomic mass is 16.5. The number of hydrogen-bond donors (Lipinski definition) is 1. The van der Waals surface area contributed by atoms with E-state index in [1.165, 1.54) is 0 Å². The van der Waals surface area contributed by atoms with Crippen LogP contribution < -0.4 is 4.74 Å². The Morgan fingerprint density at radius 3 is 3.11 bits per heavy atom. The van der Waals surface area contributed by atoms with Crippen LogP contribution in [-0.4, -0.2) is 39.7 Å². The molecule has 0 saturated carbocycles. The van der Waals surface area contributed by atoms with Gasteiger partial charge in [-0.2, -0.15) is 5.10 Å². The molecule has 0 bridgehead atoms. The standard InChI is InChI=1S/C12H18N2O4/c1-3-12(16)5-6-14-10(18-8-12)7-9(13-14)11(15)17-4-2/h7,16H,3-6,8H2,1-2H3. The van der Waals surface area contributed by atoms with E-state index in [4.69, 9.17) is 9.47 Å². The van der Waals surface area contributed by atoms with E-state index in [0.29, 0.717) is 31.9 Å². The molecule has 1 atom stereocenters. The van der Waals surface area contributed by atoms with Crippen molar-refractivity contribution >= 4 is 5.97 Å². The molecule has 2 rings (SSSR count). The smallest absolute Gasteiger partial charge is 0.358 e. The van der Waals surface area contributed by atoms with Crippen LogP contribution >= 0.6 is 0 Å². The average Bonchev–Trinajstić information content (AvgIpc) is 2.71. The van der Waals surface area contributed by atoms with Crippen LogP contribution in [0.5, 0.6) is 5.88 Å². The molecule has 1 N–H and O–H groups in total. The Morgan fingerprint density at radius 2 is 2.44 bits per heavy atom. The number of nitrogens with zero attached hydrogens (tertiary/aromatic N) is 2. The maximum Gasteiger partial charge on any atom is 0.358 e. The average molecular weight is 254 g/mol. The van der Waals surface area contributed by atoms with E-state index in [1.54, 1.807) is 17.7 Å². The lowest BCUT2D eigenvalue weighted by Gasteiger charge is -2.23. The van der Waals surface area contributed by atoms with Gasteiger partial charge in [0.05, 0.1) is 6.61 Å².